The summed E-state index contributed by atoms with van der Waals surface area (Å²) in [6.07, 6.45) is 3.40. The van der Waals surface area contributed by atoms with Gasteiger partial charge in [-0.1, -0.05) is 13.8 Å². The number of hydrogen-bond donors (Lipinski definition) is 0. The van der Waals surface area contributed by atoms with E-state index in [1.54, 1.807) is 0 Å². The van der Waals surface area contributed by atoms with Crippen molar-refractivity contribution in [1.29, 1.82) is 0 Å². The van der Waals surface area contributed by atoms with Gasteiger partial charge in [-0.05, 0) is 46.8 Å². The van der Waals surface area contributed by atoms with Gasteiger partial charge in [0.2, 0.25) is 0 Å². The molecule has 1 nitrogen and oxygen atoms in total. The molecule has 0 aliphatic carbocycles. The smallest absolute Gasteiger partial charge is 0.0847 e. The first-order valence-electron chi connectivity index (χ1n) is 5.11. The van der Waals surface area contributed by atoms with Crippen LogP contribution in [0.25, 0.3) is 0 Å². The molecule has 1 aliphatic rings. The third-order valence-electron chi connectivity index (χ3n) is 2.76. The Morgan fingerprint density at radius 1 is 1.50 bits per heavy atom. The quantitative estimate of drug-likeness (QED) is 0.751. The number of epoxide rings is 1. The van der Waals surface area contributed by atoms with Gasteiger partial charge in [0.1, 0.15) is 0 Å². The average Bonchev–Trinajstić information content (AvgIpc) is 2.77. The summed E-state index contributed by atoms with van der Waals surface area (Å²) in [7, 11) is 0. The van der Waals surface area contributed by atoms with Gasteiger partial charge in [-0.25, -0.2) is 0 Å². The molecule has 0 aromatic carbocycles. The van der Waals surface area contributed by atoms with Crippen molar-refractivity contribution in [1.82, 2.24) is 0 Å². The monoisotopic (exact) mass is 274 g/mol. The number of hydrogen-bond acceptors (Lipinski definition) is 2. The van der Waals surface area contributed by atoms with Gasteiger partial charge in [-0.2, -0.15) is 0 Å². The Morgan fingerprint density at radius 2 is 2.29 bits per heavy atom. The predicted octanol–water partition coefficient (Wildman–Crippen LogP) is 4.18. The summed E-state index contributed by atoms with van der Waals surface area (Å²) in [5, 5.41) is 0. The van der Waals surface area contributed by atoms with Crippen molar-refractivity contribution < 1.29 is 4.74 Å². The van der Waals surface area contributed by atoms with Crippen LogP contribution in [0.1, 0.15) is 37.5 Å². The van der Waals surface area contributed by atoms with Crippen LogP contribution in [0.3, 0.4) is 0 Å². The maximum Gasteiger partial charge on any atom is 0.0847 e. The van der Waals surface area contributed by atoms with Gasteiger partial charge in [0.25, 0.3) is 0 Å². The Kier molecular flexibility index (Phi) is 3.30. The minimum absolute atomic E-state index is 0.524. The molecule has 0 radical (unpaired) electrons. The van der Waals surface area contributed by atoms with Crippen LogP contribution in [0, 0.1) is 0 Å². The lowest BCUT2D eigenvalue weighted by Crippen LogP contribution is -1.99. The molecule has 1 aliphatic heterocycles. The molecule has 1 saturated heterocycles. The fourth-order valence-electron chi connectivity index (χ4n) is 1.80. The first kappa shape index (κ1) is 10.7. The van der Waals surface area contributed by atoms with E-state index >= 15 is 0 Å². The SMILES string of the molecule is CCC1OC1CC(C)c1ccc(Br)s1. The van der Waals surface area contributed by atoms with Crippen molar-refractivity contribution in [3.8, 4) is 0 Å². The van der Waals surface area contributed by atoms with Gasteiger partial charge in [0.15, 0.2) is 0 Å². The molecule has 2 heterocycles. The highest BCUT2D eigenvalue weighted by molar-refractivity contribution is 9.11. The molecule has 0 bridgehead atoms. The second-order valence-corrected chi connectivity index (χ2v) is 6.39. The van der Waals surface area contributed by atoms with Gasteiger partial charge >= 0.3 is 0 Å². The highest BCUT2D eigenvalue weighted by atomic mass is 79.9. The van der Waals surface area contributed by atoms with Crippen LogP contribution in [0.4, 0.5) is 0 Å². The first-order chi connectivity index (χ1) is 6.70. The maximum atomic E-state index is 5.56. The van der Waals surface area contributed by atoms with E-state index in [0.29, 0.717) is 18.1 Å². The highest BCUT2D eigenvalue weighted by Crippen LogP contribution is 2.37. The summed E-state index contributed by atoms with van der Waals surface area (Å²) in [4.78, 5) is 1.46. The van der Waals surface area contributed by atoms with E-state index in [-0.39, 0.29) is 0 Å². The Hall–Kier alpha value is 0.140. The van der Waals surface area contributed by atoms with E-state index < -0.39 is 0 Å². The van der Waals surface area contributed by atoms with E-state index in [9.17, 15) is 0 Å². The molecule has 78 valence electrons. The third-order valence-corrected chi connectivity index (χ3v) is 4.61. The third kappa shape index (κ3) is 2.38. The van der Waals surface area contributed by atoms with E-state index in [1.807, 2.05) is 11.3 Å². The number of ether oxygens (including phenoxy) is 1. The molecule has 3 atom stereocenters. The molecule has 14 heavy (non-hydrogen) atoms. The van der Waals surface area contributed by atoms with Crippen LogP contribution in [0.5, 0.6) is 0 Å². The molecular formula is C11H15BrOS. The first-order valence-corrected chi connectivity index (χ1v) is 6.72. The molecule has 0 N–H and O–H groups in total. The molecule has 0 spiro atoms. The molecular weight excluding hydrogens is 260 g/mol. The van der Waals surface area contributed by atoms with Crippen molar-refractivity contribution in [2.75, 3.05) is 0 Å². The topological polar surface area (TPSA) is 12.5 Å². The Labute approximate surface area is 97.6 Å². The second kappa shape index (κ2) is 4.33. The van der Waals surface area contributed by atoms with Crippen molar-refractivity contribution in [3.05, 3.63) is 20.8 Å². The maximum absolute atomic E-state index is 5.56. The summed E-state index contributed by atoms with van der Waals surface area (Å²) >= 11 is 5.33. The number of halogens is 1. The molecule has 1 aromatic heterocycles. The van der Waals surface area contributed by atoms with E-state index in [2.05, 4.69) is 41.9 Å². The van der Waals surface area contributed by atoms with Crippen LogP contribution < -0.4 is 0 Å². The van der Waals surface area contributed by atoms with Gasteiger partial charge in [0.05, 0.1) is 16.0 Å². The summed E-state index contributed by atoms with van der Waals surface area (Å²) in [6.45, 7) is 4.48. The average molecular weight is 275 g/mol. The van der Waals surface area contributed by atoms with Crippen molar-refractivity contribution in [2.45, 2.75) is 44.8 Å². The molecule has 1 aromatic rings. The van der Waals surface area contributed by atoms with Crippen molar-refractivity contribution >= 4 is 27.3 Å². The Morgan fingerprint density at radius 3 is 2.79 bits per heavy atom. The van der Waals surface area contributed by atoms with Gasteiger partial charge in [-0.15, -0.1) is 11.3 Å². The largest absolute Gasteiger partial charge is 0.370 e. The summed E-state index contributed by atoms with van der Waals surface area (Å²) in [6, 6.07) is 4.34. The lowest BCUT2D eigenvalue weighted by Gasteiger charge is -2.05. The molecule has 3 heteroatoms. The fourth-order valence-corrected chi connectivity index (χ4v) is 3.29. The Balaban J connectivity index is 1.87. The number of thiophene rings is 1. The predicted molar refractivity (Wildman–Crippen MR) is 64.0 cm³/mol. The van der Waals surface area contributed by atoms with E-state index in [4.69, 9.17) is 4.74 Å². The summed E-state index contributed by atoms with van der Waals surface area (Å²) < 4.78 is 6.78. The van der Waals surface area contributed by atoms with Crippen LogP contribution in [0.2, 0.25) is 0 Å². The molecule has 0 saturated carbocycles. The zero-order valence-corrected chi connectivity index (χ0v) is 10.9. The van der Waals surface area contributed by atoms with Gasteiger partial charge in [-0.3, -0.25) is 0 Å². The van der Waals surface area contributed by atoms with Crippen LogP contribution in [-0.2, 0) is 4.74 Å². The molecule has 3 unspecified atom stereocenters. The van der Waals surface area contributed by atoms with E-state index in [1.165, 1.54) is 15.1 Å². The lowest BCUT2D eigenvalue weighted by molar-refractivity contribution is 0.353. The standard InChI is InChI=1S/C11H15BrOS/c1-3-8-9(13-8)6-7(2)10-4-5-11(12)14-10/h4-5,7-9H,3,6H2,1-2H3. The van der Waals surface area contributed by atoms with Crippen molar-refractivity contribution in [2.24, 2.45) is 0 Å². The lowest BCUT2D eigenvalue weighted by atomic mass is 10.0. The highest BCUT2D eigenvalue weighted by Gasteiger charge is 2.37. The van der Waals surface area contributed by atoms with Gasteiger partial charge in [0, 0.05) is 4.88 Å². The minimum atomic E-state index is 0.524. The van der Waals surface area contributed by atoms with E-state index in [0.717, 1.165) is 6.42 Å². The molecule has 2 rings (SSSR count). The van der Waals surface area contributed by atoms with Crippen LogP contribution >= 0.6 is 27.3 Å². The van der Waals surface area contributed by atoms with Gasteiger partial charge < -0.3 is 4.74 Å². The zero-order valence-electron chi connectivity index (χ0n) is 8.50. The Bertz CT molecular complexity index is 310. The summed E-state index contributed by atoms with van der Waals surface area (Å²) in [5.41, 5.74) is 0. The van der Waals surface area contributed by atoms with Crippen LogP contribution in [0.15, 0.2) is 15.9 Å². The minimum Gasteiger partial charge on any atom is -0.370 e. The number of rotatable bonds is 4. The summed E-state index contributed by atoms with van der Waals surface area (Å²) in [5.74, 6) is 0.632. The molecule has 1 fully saturated rings. The zero-order chi connectivity index (χ0) is 10.1. The fraction of sp³-hybridized carbons (Fsp3) is 0.636. The normalized spacial score (nSPS) is 27.6. The van der Waals surface area contributed by atoms with Crippen molar-refractivity contribution in [3.63, 3.8) is 0 Å². The van der Waals surface area contributed by atoms with Crippen LogP contribution in [-0.4, -0.2) is 12.2 Å². The second-order valence-electron chi connectivity index (χ2n) is 3.90. The molecule has 0 amide bonds.